The van der Waals surface area contributed by atoms with Gasteiger partial charge in [0, 0.05) is 23.5 Å². The van der Waals surface area contributed by atoms with E-state index in [1.165, 1.54) is 18.7 Å². The van der Waals surface area contributed by atoms with Crippen molar-refractivity contribution in [3.8, 4) is 0 Å². The Morgan fingerprint density at radius 2 is 1.89 bits per heavy atom. The molecule has 3 rings (SSSR count). The van der Waals surface area contributed by atoms with Crippen molar-refractivity contribution >= 4 is 46.4 Å². The summed E-state index contributed by atoms with van der Waals surface area (Å²) in [5.74, 6) is -1.92. The van der Waals surface area contributed by atoms with Crippen molar-refractivity contribution in [3.05, 3.63) is 36.0 Å². The Hall–Kier alpha value is -3.05. The lowest BCUT2D eigenvalue weighted by molar-refractivity contribution is -0.142. The van der Waals surface area contributed by atoms with E-state index >= 15 is 0 Å². The molecule has 1 saturated heterocycles. The highest BCUT2D eigenvalue weighted by Gasteiger charge is 2.30. The molecule has 2 heterocycles. The van der Waals surface area contributed by atoms with Gasteiger partial charge in [-0.15, -0.1) is 0 Å². The van der Waals surface area contributed by atoms with Gasteiger partial charge in [0.05, 0.1) is 6.04 Å². The first-order chi connectivity index (χ1) is 16.8. The smallest absolute Gasteiger partial charge is 0.326 e. The van der Waals surface area contributed by atoms with Gasteiger partial charge in [0.25, 0.3) is 0 Å². The number of carboxylic acids is 1. The quantitative estimate of drug-likeness (QED) is 0.250. The standard InChI is InChI=1S/C24H33N5O5S/c1-14(21(30)28-19(24(33)34)9-11-35-2)27-23(32)20(29-22(31)18-8-5-10-25-18)12-15-13-26-17-7-4-3-6-16(15)17/h3-4,6-7,13-14,18-20,25-26H,5,8-12H2,1-2H3,(H,27,32)(H,28,30)(H,29,31)(H,33,34). The van der Waals surface area contributed by atoms with Crippen molar-refractivity contribution < 1.29 is 24.3 Å². The van der Waals surface area contributed by atoms with E-state index in [9.17, 15) is 24.3 Å². The Bertz CT molecular complexity index is 1050. The van der Waals surface area contributed by atoms with Gasteiger partial charge in [-0.25, -0.2) is 4.79 Å². The molecule has 0 radical (unpaired) electrons. The van der Waals surface area contributed by atoms with Crippen LogP contribution in [0.5, 0.6) is 0 Å². The Labute approximate surface area is 208 Å². The van der Waals surface area contributed by atoms with Crippen LogP contribution in [0.3, 0.4) is 0 Å². The molecule has 1 aromatic carbocycles. The highest BCUT2D eigenvalue weighted by Crippen LogP contribution is 2.19. The summed E-state index contributed by atoms with van der Waals surface area (Å²) >= 11 is 1.48. The Morgan fingerprint density at radius 3 is 2.57 bits per heavy atom. The lowest BCUT2D eigenvalue weighted by atomic mass is 10.0. The molecule has 1 fully saturated rings. The molecule has 1 aliphatic rings. The van der Waals surface area contributed by atoms with Crippen molar-refractivity contribution in [3.63, 3.8) is 0 Å². The van der Waals surface area contributed by atoms with Gasteiger partial charge in [0.2, 0.25) is 17.7 Å². The topological polar surface area (TPSA) is 152 Å². The number of fused-ring (bicyclic) bond motifs is 1. The normalized spacial score (nSPS) is 17.9. The zero-order chi connectivity index (χ0) is 25.4. The molecule has 0 saturated carbocycles. The number of rotatable bonds is 12. The van der Waals surface area contributed by atoms with Gasteiger partial charge in [-0.1, -0.05) is 18.2 Å². The van der Waals surface area contributed by atoms with Gasteiger partial charge >= 0.3 is 5.97 Å². The highest BCUT2D eigenvalue weighted by atomic mass is 32.2. The second-order valence-electron chi connectivity index (χ2n) is 8.68. The van der Waals surface area contributed by atoms with Gasteiger partial charge in [-0.2, -0.15) is 11.8 Å². The van der Waals surface area contributed by atoms with Crippen LogP contribution in [0.4, 0.5) is 0 Å². The number of H-pyrrole nitrogens is 1. The third-order valence-electron chi connectivity index (χ3n) is 6.09. The largest absolute Gasteiger partial charge is 0.480 e. The summed E-state index contributed by atoms with van der Waals surface area (Å²) in [4.78, 5) is 53.2. The first kappa shape index (κ1) is 26.6. The van der Waals surface area contributed by atoms with Crippen LogP contribution in [0.2, 0.25) is 0 Å². The van der Waals surface area contributed by atoms with Gasteiger partial charge in [-0.3, -0.25) is 14.4 Å². The number of aliphatic carboxylic acids is 1. The fourth-order valence-corrected chi connectivity index (χ4v) is 4.55. The van der Waals surface area contributed by atoms with Gasteiger partial charge < -0.3 is 31.4 Å². The minimum Gasteiger partial charge on any atom is -0.480 e. The predicted octanol–water partition coefficient (Wildman–Crippen LogP) is 0.774. The molecule has 0 bridgehead atoms. The minimum absolute atomic E-state index is 0.230. The van der Waals surface area contributed by atoms with E-state index in [0.29, 0.717) is 12.2 Å². The van der Waals surface area contributed by atoms with E-state index in [1.807, 2.05) is 36.7 Å². The third kappa shape index (κ3) is 7.22. The Kier molecular flexibility index (Phi) is 9.55. The number of amides is 3. The number of para-hydroxylation sites is 1. The molecule has 1 aliphatic heterocycles. The van der Waals surface area contributed by atoms with Crippen LogP contribution in [-0.2, 0) is 25.6 Å². The Balaban J connectivity index is 1.70. The van der Waals surface area contributed by atoms with Crippen molar-refractivity contribution in [2.45, 2.75) is 56.8 Å². The fraction of sp³-hybridized carbons (Fsp3) is 0.500. The fourth-order valence-electron chi connectivity index (χ4n) is 4.08. The van der Waals surface area contributed by atoms with Crippen molar-refractivity contribution in [2.24, 2.45) is 0 Å². The molecule has 11 heteroatoms. The molecule has 2 aromatic rings. The van der Waals surface area contributed by atoms with Crippen LogP contribution >= 0.6 is 11.8 Å². The first-order valence-corrected chi connectivity index (χ1v) is 13.1. The van der Waals surface area contributed by atoms with Crippen LogP contribution < -0.4 is 21.3 Å². The van der Waals surface area contributed by atoms with Crippen molar-refractivity contribution in [2.75, 3.05) is 18.6 Å². The number of benzene rings is 1. The second kappa shape index (κ2) is 12.6. The molecule has 3 amide bonds. The lowest BCUT2D eigenvalue weighted by Gasteiger charge is -2.23. The molecule has 0 spiro atoms. The summed E-state index contributed by atoms with van der Waals surface area (Å²) in [6.45, 7) is 2.24. The summed E-state index contributed by atoms with van der Waals surface area (Å²) in [5.41, 5.74) is 1.78. The summed E-state index contributed by atoms with van der Waals surface area (Å²) in [6, 6.07) is 4.38. The SMILES string of the molecule is CSCCC(NC(=O)C(C)NC(=O)C(Cc1c[nH]c2ccccc12)NC(=O)C1CCCN1)C(=O)O. The molecule has 1 aromatic heterocycles. The summed E-state index contributed by atoms with van der Waals surface area (Å²) in [7, 11) is 0. The summed E-state index contributed by atoms with van der Waals surface area (Å²) in [5, 5.41) is 21.4. The number of carboxylic acid groups (broad SMARTS) is 1. The highest BCUT2D eigenvalue weighted by molar-refractivity contribution is 7.98. The predicted molar refractivity (Wildman–Crippen MR) is 135 cm³/mol. The van der Waals surface area contributed by atoms with Crippen molar-refractivity contribution in [1.29, 1.82) is 0 Å². The average molecular weight is 504 g/mol. The van der Waals surface area contributed by atoms with E-state index in [-0.39, 0.29) is 24.8 Å². The number of carbonyl (C=O) groups excluding carboxylic acids is 3. The molecule has 190 valence electrons. The first-order valence-electron chi connectivity index (χ1n) is 11.7. The molecular formula is C24H33N5O5S. The van der Waals surface area contributed by atoms with Crippen LogP contribution in [0.25, 0.3) is 10.9 Å². The maximum atomic E-state index is 13.2. The number of hydrogen-bond acceptors (Lipinski definition) is 6. The maximum Gasteiger partial charge on any atom is 0.326 e. The average Bonchev–Trinajstić information content (AvgIpc) is 3.51. The number of aromatic nitrogens is 1. The van der Waals surface area contributed by atoms with Gasteiger partial charge in [0.15, 0.2) is 0 Å². The van der Waals surface area contributed by atoms with Gasteiger partial charge in [-0.05, 0) is 56.4 Å². The van der Waals surface area contributed by atoms with Gasteiger partial charge in [0.1, 0.15) is 18.1 Å². The van der Waals surface area contributed by atoms with E-state index in [4.69, 9.17) is 0 Å². The van der Waals surface area contributed by atoms with Crippen LogP contribution in [0.1, 0.15) is 31.7 Å². The molecule has 0 aliphatic carbocycles. The van der Waals surface area contributed by atoms with Crippen LogP contribution in [-0.4, -0.2) is 76.5 Å². The maximum absolute atomic E-state index is 13.2. The summed E-state index contributed by atoms with van der Waals surface area (Å²) < 4.78 is 0. The van der Waals surface area contributed by atoms with Crippen molar-refractivity contribution in [1.82, 2.24) is 26.3 Å². The minimum atomic E-state index is -1.13. The number of carbonyl (C=O) groups is 4. The molecule has 10 nitrogen and oxygen atoms in total. The third-order valence-corrected chi connectivity index (χ3v) is 6.73. The zero-order valence-corrected chi connectivity index (χ0v) is 20.7. The number of hydrogen-bond donors (Lipinski definition) is 6. The molecule has 4 atom stereocenters. The number of aromatic amines is 1. The Morgan fingerprint density at radius 1 is 1.11 bits per heavy atom. The number of nitrogens with one attached hydrogen (secondary N) is 5. The van der Waals surface area contributed by atoms with E-state index in [1.54, 1.807) is 0 Å². The molecular weight excluding hydrogens is 470 g/mol. The summed E-state index contributed by atoms with van der Waals surface area (Å²) in [6.07, 6.45) is 5.75. The zero-order valence-electron chi connectivity index (χ0n) is 19.9. The van der Waals surface area contributed by atoms with E-state index < -0.39 is 35.9 Å². The van der Waals surface area contributed by atoms with E-state index in [0.717, 1.165) is 29.4 Å². The van der Waals surface area contributed by atoms with E-state index in [2.05, 4.69) is 26.3 Å². The van der Waals surface area contributed by atoms with Crippen LogP contribution in [0.15, 0.2) is 30.5 Å². The second-order valence-corrected chi connectivity index (χ2v) is 9.67. The molecule has 4 unspecified atom stereocenters. The molecule has 6 N–H and O–H groups in total. The van der Waals surface area contributed by atoms with Crippen LogP contribution in [0, 0.1) is 0 Å². The molecule has 35 heavy (non-hydrogen) atoms. The monoisotopic (exact) mass is 503 g/mol. The lowest BCUT2D eigenvalue weighted by Crippen LogP contribution is -2.56. The number of thioether (sulfide) groups is 1.